The first-order chi connectivity index (χ1) is 7.99. The zero-order valence-corrected chi connectivity index (χ0v) is 12.6. The molecule has 0 saturated carbocycles. The van der Waals surface area contributed by atoms with Crippen molar-refractivity contribution in [1.82, 2.24) is 5.32 Å². The van der Waals surface area contributed by atoms with Crippen molar-refractivity contribution in [2.45, 2.75) is 66.4 Å². The van der Waals surface area contributed by atoms with Crippen molar-refractivity contribution in [1.29, 1.82) is 0 Å². The van der Waals surface area contributed by atoms with Gasteiger partial charge in [-0.05, 0) is 32.6 Å². The fraction of sp³-hybridized carbons (Fsp3) is 0.857. The molecule has 0 radical (unpaired) electrons. The molecule has 0 spiro atoms. The molecule has 0 saturated heterocycles. The smallest absolute Gasteiger partial charge is 0.306 e. The van der Waals surface area contributed by atoms with Gasteiger partial charge in [-0.2, -0.15) is 0 Å². The summed E-state index contributed by atoms with van der Waals surface area (Å²) in [5, 5.41) is 2.81. The maximum Gasteiger partial charge on any atom is 0.306 e. The van der Waals surface area contributed by atoms with Crippen LogP contribution in [-0.2, 0) is 14.3 Å². The van der Waals surface area contributed by atoms with E-state index in [4.69, 9.17) is 4.74 Å². The molecule has 0 aromatic heterocycles. The Hall–Kier alpha value is -1.06. The molecule has 1 N–H and O–H groups in total. The molecule has 0 aromatic carbocycles. The van der Waals surface area contributed by atoms with Crippen LogP contribution in [0.3, 0.4) is 0 Å². The fourth-order valence-corrected chi connectivity index (χ4v) is 1.40. The second-order valence-electron chi connectivity index (χ2n) is 6.78. The van der Waals surface area contributed by atoms with Gasteiger partial charge in [0.15, 0.2) is 0 Å². The number of ether oxygens (including phenoxy) is 1. The van der Waals surface area contributed by atoms with Gasteiger partial charge in [-0.25, -0.2) is 0 Å². The number of nitrogens with one attached hydrogen (secondary N) is 1. The molecule has 4 nitrogen and oxygen atoms in total. The van der Waals surface area contributed by atoms with Crippen molar-refractivity contribution < 1.29 is 14.3 Å². The van der Waals surface area contributed by atoms with E-state index < -0.39 is 5.60 Å². The minimum atomic E-state index is -0.438. The minimum absolute atomic E-state index is 0.00471. The lowest BCUT2D eigenvalue weighted by Gasteiger charge is -2.19. The molecule has 0 aliphatic rings. The normalized spacial score (nSPS) is 12.1. The molecular weight excluding hydrogens is 230 g/mol. The molecule has 0 atom stereocenters. The highest BCUT2D eigenvalue weighted by Crippen LogP contribution is 2.17. The summed E-state index contributed by atoms with van der Waals surface area (Å²) in [6.07, 6.45) is 1.46. The number of esters is 1. The SMILES string of the molecule is CC(C)(C)CC(=O)NCCCC(=O)OC(C)(C)C. The summed E-state index contributed by atoms with van der Waals surface area (Å²) in [5.41, 5.74) is -0.443. The Morgan fingerprint density at radius 1 is 1.06 bits per heavy atom. The van der Waals surface area contributed by atoms with Crippen LogP contribution in [0, 0.1) is 5.41 Å². The van der Waals surface area contributed by atoms with Crippen molar-refractivity contribution in [3.8, 4) is 0 Å². The summed E-state index contributed by atoms with van der Waals surface area (Å²) in [6.45, 7) is 12.1. The monoisotopic (exact) mass is 257 g/mol. The number of hydrogen-bond acceptors (Lipinski definition) is 3. The Kier molecular flexibility index (Phi) is 6.36. The third kappa shape index (κ3) is 11.4. The summed E-state index contributed by atoms with van der Waals surface area (Å²) in [6, 6.07) is 0. The van der Waals surface area contributed by atoms with Gasteiger partial charge in [0.2, 0.25) is 5.91 Å². The van der Waals surface area contributed by atoms with Gasteiger partial charge in [-0.15, -0.1) is 0 Å². The fourth-order valence-electron chi connectivity index (χ4n) is 1.40. The third-order valence-corrected chi connectivity index (χ3v) is 1.99. The van der Waals surface area contributed by atoms with Crippen molar-refractivity contribution in [2.75, 3.05) is 6.54 Å². The van der Waals surface area contributed by atoms with Gasteiger partial charge in [0, 0.05) is 19.4 Å². The van der Waals surface area contributed by atoms with E-state index in [9.17, 15) is 9.59 Å². The predicted molar refractivity (Wildman–Crippen MR) is 72.2 cm³/mol. The van der Waals surface area contributed by atoms with Crippen LogP contribution in [0.25, 0.3) is 0 Å². The highest BCUT2D eigenvalue weighted by atomic mass is 16.6. The van der Waals surface area contributed by atoms with E-state index in [0.717, 1.165) is 0 Å². The van der Waals surface area contributed by atoms with E-state index in [-0.39, 0.29) is 17.3 Å². The van der Waals surface area contributed by atoms with Crippen LogP contribution in [0.1, 0.15) is 60.8 Å². The maximum atomic E-state index is 11.5. The first-order valence-electron chi connectivity index (χ1n) is 6.48. The van der Waals surface area contributed by atoms with Crippen molar-refractivity contribution >= 4 is 11.9 Å². The van der Waals surface area contributed by atoms with E-state index in [0.29, 0.717) is 25.8 Å². The Morgan fingerprint density at radius 2 is 1.61 bits per heavy atom. The molecule has 0 aliphatic heterocycles. The molecule has 0 unspecified atom stereocenters. The summed E-state index contributed by atoms with van der Waals surface area (Å²) in [4.78, 5) is 22.9. The summed E-state index contributed by atoms with van der Waals surface area (Å²) in [5.74, 6) is -0.181. The Labute approximate surface area is 110 Å². The molecular formula is C14H27NO3. The van der Waals surface area contributed by atoms with E-state index in [1.54, 1.807) is 0 Å². The van der Waals surface area contributed by atoms with Gasteiger partial charge in [-0.1, -0.05) is 20.8 Å². The highest BCUT2D eigenvalue weighted by Gasteiger charge is 2.17. The van der Waals surface area contributed by atoms with Crippen LogP contribution in [-0.4, -0.2) is 24.0 Å². The van der Waals surface area contributed by atoms with E-state index >= 15 is 0 Å². The number of carbonyl (C=O) groups excluding carboxylic acids is 2. The second kappa shape index (κ2) is 6.76. The van der Waals surface area contributed by atoms with E-state index in [1.807, 2.05) is 41.5 Å². The largest absolute Gasteiger partial charge is 0.460 e. The number of hydrogen-bond donors (Lipinski definition) is 1. The van der Waals surface area contributed by atoms with Crippen molar-refractivity contribution in [3.63, 3.8) is 0 Å². The van der Waals surface area contributed by atoms with Crippen LogP contribution in [0.15, 0.2) is 0 Å². The first kappa shape index (κ1) is 16.9. The topological polar surface area (TPSA) is 55.4 Å². The standard InChI is InChI=1S/C14H27NO3/c1-13(2,3)10-11(16)15-9-7-8-12(17)18-14(4,5)6/h7-10H2,1-6H3,(H,15,16). The lowest BCUT2D eigenvalue weighted by molar-refractivity contribution is -0.155. The molecule has 0 aromatic rings. The Balaban J connectivity index is 3.69. The van der Waals surface area contributed by atoms with Crippen molar-refractivity contribution in [3.05, 3.63) is 0 Å². The van der Waals surface area contributed by atoms with Gasteiger partial charge >= 0.3 is 5.97 Å². The molecule has 0 rings (SSSR count). The summed E-state index contributed by atoms with van der Waals surface area (Å²) in [7, 11) is 0. The van der Waals surface area contributed by atoms with Gasteiger partial charge in [0.25, 0.3) is 0 Å². The molecule has 106 valence electrons. The van der Waals surface area contributed by atoms with E-state index in [1.165, 1.54) is 0 Å². The third-order valence-electron chi connectivity index (χ3n) is 1.99. The summed E-state index contributed by atoms with van der Waals surface area (Å²) >= 11 is 0. The molecule has 18 heavy (non-hydrogen) atoms. The molecule has 1 amide bonds. The van der Waals surface area contributed by atoms with Crippen LogP contribution >= 0.6 is 0 Å². The molecule has 4 heteroatoms. The average molecular weight is 257 g/mol. The van der Waals surface area contributed by atoms with Gasteiger partial charge in [0.05, 0.1) is 0 Å². The zero-order chi connectivity index (χ0) is 14.4. The van der Waals surface area contributed by atoms with Crippen molar-refractivity contribution in [2.24, 2.45) is 5.41 Å². The molecule has 0 fully saturated rings. The van der Waals surface area contributed by atoms with E-state index in [2.05, 4.69) is 5.32 Å². The Bertz CT molecular complexity index is 254. The zero-order valence-electron chi connectivity index (χ0n) is 12.6. The van der Waals surface area contributed by atoms with Crippen LogP contribution in [0.5, 0.6) is 0 Å². The number of amides is 1. The van der Waals surface area contributed by atoms with Crippen LogP contribution in [0.4, 0.5) is 0 Å². The predicted octanol–water partition coefficient (Wildman–Crippen LogP) is 2.66. The van der Waals surface area contributed by atoms with Gasteiger partial charge in [0.1, 0.15) is 5.60 Å². The number of carbonyl (C=O) groups is 2. The minimum Gasteiger partial charge on any atom is -0.460 e. The first-order valence-corrected chi connectivity index (χ1v) is 6.48. The molecule has 0 aliphatic carbocycles. The molecule has 0 bridgehead atoms. The number of rotatable bonds is 5. The van der Waals surface area contributed by atoms with Gasteiger partial charge in [-0.3, -0.25) is 9.59 Å². The quantitative estimate of drug-likeness (QED) is 0.608. The lowest BCUT2D eigenvalue weighted by atomic mass is 9.92. The lowest BCUT2D eigenvalue weighted by Crippen LogP contribution is -2.29. The maximum absolute atomic E-state index is 11.5. The second-order valence-corrected chi connectivity index (χ2v) is 6.78. The highest BCUT2D eigenvalue weighted by molar-refractivity contribution is 5.76. The molecule has 0 heterocycles. The van der Waals surface area contributed by atoms with Crippen LogP contribution in [0.2, 0.25) is 0 Å². The van der Waals surface area contributed by atoms with Crippen LogP contribution < -0.4 is 5.32 Å². The average Bonchev–Trinajstić information content (AvgIpc) is 2.06. The Morgan fingerprint density at radius 3 is 2.06 bits per heavy atom. The van der Waals surface area contributed by atoms with Gasteiger partial charge < -0.3 is 10.1 Å². The summed E-state index contributed by atoms with van der Waals surface area (Å²) < 4.78 is 5.17.